The molecule has 0 fully saturated rings. The Balaban J connectivity index is 2.01. The Kier molecular flexibility index (Phi) is 6.58. The Morgan fingerprint density at radius 2 is 1.79 bits per heavy atom. The zero-order valence-electron chi connectivity index (χ0n) is 13.5. The number of rotatable bonds is 6. The molecule has 2 aromatic rings. The van der Waals surface area contributed by atoms with Crippen molar-refractivity contribution in [2.24, 2.45) is 5.16 Å². The van der Waals surface area contributed by atoms with Gasteiger partial charge in [0.05, 0.1) is 18.4 Å². The van der Waals surface area contributed by atoms with E-state index in [-0.39, 0.29) is 0 Å². The summed E-state index contributed by atoms with van der Waals surface area (Å²) in [5, 5.41) is 4.47. The average molecular weight is 344 g/mol. The molecule has 0 saturated carbocycles. The van der Waals surface area contributed by atoms with Gasteiger partial charge in [0, 0.05) is 5.02 Å². The van der Waals surface area contributed by atoms with E-state index in [4.69, 9.17) is 21.2 Å². The van der Waals surface area contributed by atoms with Crippen molar-refractivity contribution >= 4 is 29.4 Å². The zero-order valence-corrected chi connectivity index (χ0v) is 14.3. The van der Waals surface area contributed by atoms with Crippen LogP contribution in [0.25, 0.3) is 6.08 Å². The highest BCUT2D eigenvalue weighted by Crippen LogP contribution is 2.13. The molecule has 5 heteroatoms. The van der Waals surface area contributed by atoms with Crippen molar-refractivity contribution in [1.82, 2.24) is 0 Å². The Labute approximate surface area is 146 Å². The summed E-state index contributed by atoms with van der Waals surface area (Å²) < 4.78 is 5.12. The van der Waals surface area contributed by atoms with Gasteiger partial charge < -0.3 is 9.57 Å². The normalized spacial score (nSPS) is 11.5. The molecule has 0 heterocycles. The molecule has 0 N–H and O–H groups in total. The van der Waals surface area contributed by atoms with E-state index in [9.17, 15) is 4.79 Å². The van der Waals surface area contributed by atoms with Gasteiger partial charge in [0.15, 0.2) is 0 Å². The Morgan fingerprint density at radius 3 is 2.38 bits per heavy atom. The first kappa shape index (κ1) is 17.8. The monoisotopic (exact) mass is 343 g/mol. The number of oxime groups is 1. The van der Waals surface area contributed by atoms with Crippen molar-refractivity contribution in [2.75, 3.05) is 7.11 Å². The number of nitrogens with zero attached hydrogens (tertiary/aromatic N) is 1. The third-order valence-electron chi connectivity index (χ3n) is 3.27. The number of methoxy groups -OCH3 is 1. The molecule has 0 unspecified atom stereocenters. The van der Waals surface area contributed by atoms with Crippen LogP contribution in [0.4, 0.5) is 0 Å². The van der Waals surface area contributed by atoms with Crippen molar-refractivity contribution in [1.29, 1.82) is 0 Å². The minimum atomic E-state index is -0.518. The highest BCUT2D eigenvalue weighted by Gasteiger charge is 2.06. The molecule has 2 rings (SSSR count). The van der Waals surface area contributed by atoms with Crippen LogP contribution >= 0.6 is 11.6 Å². The predicted molar refractivity (Wildman–Crippen MR) is 96.6 cm³/mol. The molecule has 0 radical (unpaired) electrons. The molecule has 0 aliphatic carbocycles. The molecule has 124 valence electrons. The summed E-state index contributed by atoms with van der Waals surface area (Å²) in [6, 6.07) is 14.1. The standard InChI is InChI=1S/C19H18ClNO3/c1-3-17(11-4-14-5-12-18(23-2)13-6-14)21-24-19(22)15-7-9-16(20)10-8-15/h4-13H,3H2,1-2H3/b11-4+,21-17-. The largest absolute Gasteiger partial charge is 0.497 e. The fourth-order valence-electron chi connectivity index (χ4n) is 1.86. The van der Waals surface area contributed by atoms with E-state index < -0.39 is 5.97 Å². The van der Waals surface area contributed by atoms with Crippen LogP contribution < -0.4 is 4.74 Å². The lowest BCUT2D eigenvalue weighted by Gasteiger charge is -2.01. The van der Waals surface area contributed by atoms with Crippen LogP contribution in [0.5, 0.6) is 5.75 Å². The number of ether oxygens (including phenoxy) is 1. The van der Waals surface area contributed by atoms with Crippen LogP contribution in [0, 0.1) is 0 Å². The molecule has 0 saturated heterocycles. The average Bonchev–Trinajstić information content (AvgIpc) is 2.62. The number of carbonyl (C=O) groups excluding carboxylic acids is 1. The number of benzene rings is 2. The maximum Gasteiger partial charge on any atom is 0.365 e. The van der Waals surface area contributed by atoms with Crippen LogP contribution in [0.15, 0.2) is 59.8 Å². The lowest BCUT2D eigenvalue weighted by atomic mass is 10.1. The minimum Gasteiger partial charge on any atom is -0.497 e. The summed E-state index contributed by atoms with van der Waals surface area (Å²) in [6.45, 7) is 1.94. The van der Waals surface area contributed by atoms with Crippen LogP contribution in [0.3, 0.4) is 0 Å². The second-order valence-corrected chi connectivity index (χ2v) is 5.36. The molecule has 0 aliphatic rings. The van der Waals surface area contributed by atoms with Crippen molar-refractivity contribution in [3.63, 3.8) is 0 Å². The van der Waals surface area contributed by atoms with Crippen LogP contribution in [-0.2, 0) is 4.84 Å². The quantitative estimate of drug-likeness (QED) is 0.422. The Morgan fingerprint density at radius 1 is 1.12 bits per heavy atom. The third kappa shape index (κ3) is 5.25. The first-order chi connectivity index (χ1) is 11.6. The van der Waals surface area contributed by atoms with Gasteiger partial charge in [0.25, 0.3) is 0 Å². The van der Waals surface area contributed by atoms with Crippen LogP contribution in [0.1, 0.15) is 29.3 Å². The van der Waals surface area contributed by atoms with E-state index >= 15 is 0 Å². The van der Waals surface area contributed by atoms with Gasteiger partial charge in [-0.05, 0) is 54.5 Å². The summed E-state index contributed by atoms with van der Waals surface area (Å²) in [4.78, 5) is 16.9. The molecule has 0 spiro atoms. The van der Waals surface area contributed by atoms with E-state index in [1.807, 2.05) is 43.3 Å². The van der Waals surface area contributed by atoms with Gasteiger partial charge in [-0.2, -0.15) is 0 Å². The SMILES string of the molecule is CCC(/C=C/c1ccc(OC)cc1)=N/OC(=O)c1ccc(Cl)cc1. The molecule has 0 aromatic heterocycles. The smallest absolute Gasteiger partial charge is 0.365 e. The lowest BCUT2D eigenvalue weighted by molar-refractivity contribution is 0.0516. The van der Waals surface area contributed by atoms with Crippen molar-refractivity contribution in [3.05, 3.63) is 70.8 Å². The van der Waals surface area contributed by atoms with Gasteiger partial charge in [0.1, 0.15) is 5.75 Å². The summed E-state index contributed by atoms with van der Waals surface area (Å²) in [5.74, 6) is 0.281. The van der Waals surface area contributed by atoms with E-state index in [2.05, 4.69) is 5.16 Å². The van der Waals surface area contributed by atoms with Gasteiger partial charge in [-0.1, -0.05) is 41.9 Å². The van der Waals surface area contributed by atoms with E-state index in [1.165, 1.54) is 0 Å². The first-order valence-electron chi connectivity index (χ1n) is 7.48. The molecule has 0 bridgehead atoms. The fourth-order valence-corrected chi connectivity index (χ4v) is 1.99. The molecular weight excluding hydrogens is 326 g/mol. The number of halogens is 1. The topological polar surface area (TPSA) is 47.9 Å². The van der Waals surface area contributed by atoms with Crippen LogP contribution in [-0.4, -0.2) is 18.8 Å². The van der Waals surface area contributed by atoms with E-state index in [0.717, 1.165) is 11.3 Å². The third-order valence-corrected chi connectivity index (χ3v) is 3.52. The number of hydrogen-bond donors (Lipinski definition) is 0. The molecule has 0 atom stereocenters. The highest BCUT2D eigenvalue weighted by molar-refractivity contribution is 6.30. The van der Waals surface area contributed by atoms with Crippen molar-refractivity contribution < 1.29 is 14.4 Å². The molecule has 4 nitrogen and oxygen atoms in total. The fraction of sp³-hybridized carbons (Fsp3) is 0.158. The summed E-state index contributed by atoms with van der Waals surface area (Å²) >= 11 is 5.79. The molecular formula is C19H18ClNO3. The Bertz CT molecular complexity index is 734. The number of hydrogen-bond acceptors (Lipinski definition) is 4. The van der Waals surface area contributed by atoms with Gasteiger partial charge in [-0.25, -0.2) is 4.79 Å². The van der Waals surface area contributed by atoms with Crippen molar-refractivity contribution in [3.8, 4) is 5.75 Å². The summed E-state index contributed by atoms with van der Waals surface area (Å²) in [5.41, 5.74) is 2.06. The maximum absolute atomic E-state index is 11.9. The summed E-state index contributed by atoms with van der Waals surface area (Å²) in [7, 11) is 1.63. The summed E-state index contributed by atoms with van der Waals surface area (Å²) in [6.07, 6.45) is 4.36. The van der Waals surface area contributed by atoms with Crippen LogP contribution in [0.2, 0.25) is 5.02 Å². The number of allylic oxidation sites excluding steroid dienone is 1. The Hall–Kier alpha value is -2.59. The van der Waals surface area contributed by atoms with Gasteiger partial charge in [-0.3, -0.25) is 0 Å². The van der Waals surface area contributed by atoms with Gasteiger partial charge in [-0.15, -0.1) is 0 Å². The predicted octanol–water partition coefficient (Wildman–Crippen LogP) is 4.98. The second kappa shape index (κ2) is 8.89. The van der Waals surface area contributed by atoms with E-state index in [1.54, 1.807) is 31.4 Å². The van der Waals surface area contributed by atoms with Crippen molar-refractivity contribution in [2.45, 2.75) is 13.3 Å². The van der Waals surface area contributed by atoms with Gasteiger partial charge in [0.2, 0.25) is 0 Å². The highest BCUT2D eigenvalue weighted by atomic mass is 35.5. The first-order valence-corrected chi connectivity index (χ1v) is 7.86. The van der Waals surface area contributed by atoms with E-state index in [0.29, 0.717) is 22.7 Å². The van der Waals surface area contributed by atoms with Gasteiger partial charge >= 0.3 is 5.97 Å². The molecule has 2 aromatic carbocycles. The molecule has 0 amide bonds. The molecule has 0 aliphatic heterocycles. The maximum atomic E-state index is 11.9. The molecule has 24 heavy (non-hydrogen) atoms. The zero-order chi connectivity index (χ0) is 17.4. The minimum absolute atomic E-state index is 0.401. The number of carbonyl (C=O) groups is 1. The lowest BCUT2D eigenvalue weighted by Crippen LogP contribution is -2.03. The second-order valence-electron chi connectivity index (χ2n) is 4.93.